The van der Waals surface area contributed by atoms with Crippen LogP contribution in [0, 0.1) is 0 Å². The van der Waals surface area contributed by atoms with E-state index in [2.05, 4.69) is 10.6 Å². The number of carbonyl (C=O) groups excluding carboxylic acids is 1. The normalized spacial score (nSPS) is 16.1. The van der Waals surface area contributed by atoms with Crippen molar-refractivity contribution in [3.8, 4) is 0 Å². The number of hydrogen-bond acceptors (Lipinski definition) is 3. The molecule has 1 aliphatic carbocycles. The molecule has 0 radical (unpaired) electrons. The van der Waals surface area contributed by atoms with Crippen LogP contribution in [0.3, 0.4) is 0 Å². The number of carbonyl (C=O) groups is 1. The SMILES string of the molecule is CSCC(=O)NCCNC1CC1. The first-order valence-electron chi connectivity index (χ1n) is 4.32. The van der Waals surface area contributed by atoms with Gasteiger partial charge in [-0.05, 0) is 19.1 Å². The summed E-state index contributed by atoms with van der Waals surface area (Å²) in [6.45, 7) is 1.67. The maximum absolute atomic E-state index is 10.9. The first-order chi connectivity index (χ1) is 5.83. The summed E-state index contributed by atoms with van der Waals surface area (Å²) in [5.74, 6) is 0.712. The molecule has 0 aromatic heterocycles. The van der Waals surface area contributed by atoms with E-state index < -0.39 is 0 Å². The van der Waals surface area contributed by atoms with Gasteiger partial charge >= 0.3 is 0 Å². The van der Waals surface area contributed by atoms with E-state index in [0.29, 0.717) is 5.75 Å². The summed E-state index contributed by atoms with van der Waals surface area (Å²) in [5, 5.41) is 6.18. The van der Waals surface area contributed by atoms with Crippen LogP contribution >= 0.6 is 11.8 Å². The van der Waals surface area contributed by atoms with E-state index in [1.165, 1.54) is 12.8 Å². The second-order valence-corrected chi connectivity index (χ2v) is 3.88. The third-order valence-corrected chi connectivity index (χ3v) is 2.28. The van der Waals surface area contributed by atoms with Crippen molar-refractivity contribution in [2.45, 2.75) is 18.9 Å². The number of nitrogens with one attached hydrogen (secondary N) is 2. The van der Waals surface area contributed by atoms with Gasteiger partial charge in [0.05, 0.1) is 5.75 Å². The predicted molar refractivity (Wildman–Crippen MR) is 52.4 cm³/mol. The van der Waals surface area contributed by atoms with Crippen molar-refractivity contribution in [3.63, 3.8) is 0 Å². The predicted octanol–water partition coefficient (Wildman–Crippen LogP) is 0.218. The van der Waals surface area contributed by atoms with Crippen molar-refractivity contribution in [1.29, 1.82) is 0 Å². The summed E-state index contributed by atoms with van der Waals surface area (Å²) in [7, 11) is 0. The monoisotopic (exact) mass is 188 g/mol. The van der Waals surface area contributed by atoms with Crippen LogP contribution in [0.25, 0.3) is 0 Å². The molecule has 1 amide bonds. The molecule has 12 heavy (non-hydrogen) atoms. The molecule has 0 spiro atoms. The van der Waals surface area contributed by atoms with Crippen molar-refractivity contribution in [1.82, 2.24) is 10.6 Å². The Morgan fingerprint density at radius 1 is 1.50 bits per heavy atom. The van der Waals surface area contributed by atoms with Gasteiger partial charge in [0.2, 0.25) is 5.91 Å². The second-order valence-electron chi connectivity index (χ2n) is 3.01. The summed E-state index contributed by atoms with van der Waals surface area (Å²) in [6, 6.07) is 0.738. The topological polar surface area (TPSA) is 41.1 Å². The van der Waals surface area contributed by atoms with Crippen LogP contribution in [0.15, 0.2) is 0 Å². The zero-order valence-corrected chi connectivity index (χ0v) is 8.25. The minimum atomic E-state index is 0.139. The molecule has 4 heteroatoms. The fraction of sp³-hybridized carbons (Fsp3) is 0.875. The number of thioether (sulfide) groups is 1. The zero-order chi connectivity index (χ0) is 8.81. The Morgan fingerprint density at radius 2 is 2.25 bits per heavy atom. The molecule has 0 aromatic rings. The highest BCUT2D eigenvalue weighted by atomic mass is 32.2. The van der Waals surface area contributed by atoms with Crippen LogP contribution in [0.1, 0.15) is 12.8 Å². The molecule has 0 saturated heterocycles. The third-order valence-electron chi connectivity index (χ3n) is 1.73. The van der Waals surface area contributed by atoms with Gasteiger partial charge in [-0.3, -0.25) is 4.79 Å². The maximum atomic E-state index is 10.9. The minimum absolute atomic E-state index is 0.139. The van der Waals surface area contributed by atoms with E-state index in [4.69, 9.17) is 0 Å². The van der Waals surface area contributed by atoms with Gasteiger partial charge in [-0.15, -0.1) is 0 Å². The summed E-state index contributed by atoms with van der Waals surface area (Å²) < 4.78 is 0. The lowest BCUT2D eigenvalue weighted by atomic mass is 10.5. The molecule has 70 valence electrons. The lowest BCUT2D eigenvalue weighted by Gasteiger charge is -2.04. The van der Waals surface area contributed by atoms with Gasteiger partial charge in [-0.25, -0.2) is 0 Å². The fourth-order valence-electron chi connectivity index (χ4n) is 0.948. The maximum Gasteiger partial charge on any atom is 0.230 e. The summed E-state index contributed by atoms with van der Waals surface area (Å²) in [4.78, 5) is 10.9. The lowest BCUT2D eigenvalue weighted by molar-refractivity contribution is -0.118. The Morgan fingerprint density at radius 3 is 2.83 bits per heavy atom. The van der Waals surface area contributed by atoms with Crippen LogP contribution in [-0.4, -0.2) is 37.0 Å². The van der Waals surface area contributed by atoms with E-state index in [0.717, 1.165) is 19.1 Å². The highest BCUT2D eigenvalue weighted by Gasteiger charge is 2.19. The number of rotatable bonds is 6. The van der Waals surface area contributed by atoms with Crippen molar-refractivity contribution in [2.75, 3.05) is 25.1 Å². The van der Waals surface area contributed by atoms with Gasteiger partial charge in [0.1, 0.15) is 0 Å². The number of amides is 1. The van der Waals surface area contributed by atoms with Crippen molar-refractivity contribution in [2.24, 2.45) is 0 Å². The van der Waals surface area contributed by atoms with Gasteiger partial charge in [-0.1, -0.05) is 0 Å². The summed E-state index contributed by atoms with van der Waals surface area (Å²) in [5.41, 5.74) is 0. The minimum Gasteiger partial charge on any atom is -0.354 e. The molecule has 2 N–H and O–H groups in total. The molecular formula is C8H16N2OS. The molecule has 0 aromatic carbocycles. The highest BCUT2D eigenvalue weighted by molar-refractivity contribution is 7.99. The molecule has 1 aliphatic rings. The molecule has 0 unspecified atom stereocenters. The molecule has 0 atom stereocenters. The van der Waals surface area contributed by atoms with Crippen molar-refractivity contribution >= 4 is 17.7 Å². The largest absolute Gasteiger partial charge is 0.354 e. The van der Waals surface area contributed by atoms with Gasteiger partial charge in [-0.2, -0.15) is 11.8 Å². The van der Waals surface area contributed by atoms with Crippen LogP contribution in [0.2, 0.25) is 0 Å². The quantitative estimate of drug-likeness (QED) is 0.586. The molecule has 1 saturated carbocycles. The summed E-state index contributed by atoms with van der Waals surface area (Å²) >= 11 is 1.55. The van der Waals surface area contributed by atoms with Crippen LogP contribution in [-0.2, 0) is 4.79 Å². The van der Waals surface area contributed by atoms with Gasteiger partial charge in [0.25, 0.3) is 0 Å². The molecule has 0 aliphatic heterocycles. The average Bonchev–Trinajstić information content (AvgIpc) is 2.82. The van der Waals surface area contributed by atoms with E-state index in [-0.39, 0.29) is 5.91 Å². The first-order valence-corrected chi connectivity index (χ1v) is 5.71. The Kier molecular flexibility index (Phi) is 4.46. The third kappa shape index (κ3) is 4.62. The van der Waals surface area contributed by atoms with Crippen LogP contribution < -0.4 is 10.6 Å². The molecule has 3 nitrogen and oxygen atoms in total. The fourth-order valence-corrected chi connectivity index (χ4v) is 1.31. The van der Waals surface area contributed by atoms with Crippen LogP contribution in [0.4, 0.5) is 0 Å². The van der Waals surface area contributed by atoms with Crippen LogP contribution in [0.5, 0.6) is 0 Å². The Bertz CT molecular complexity index is 148. The summed E-state index contributed by atoms with van der Waals surface area (Å²) in [6.07, 6.45) is 4.54. The Labute approximate surface area is 77.7 Å². The zero-order valence-electron chi connectivity index (χ0n) is 7.43. The van der Waals surface area contributed by atoms with Crippen molar-refractivity contribution < 1.29 is 4.79 Å². The van der Waals surface area contributed by atoms with E-state index in [9.17, 15) is 4.79 Å². The Hall–Kier alpha value is -0.220. The molecule has 0 heterocycles. The molecule has 1 rings (SSSR count). The van der Waals surface area contributed by atoms with Gasteiger partial charge in [0.15, 0.2) is 0 Å². The van der Waals surface area contributed by atoms with E-state index >= 15 is 0 Å². The average molecular weight is 188 g/mol. The second kappa shape index (κ2) is 5.43. The first kappa shape index (κ1) is 9.86. The van der Waals surface area contributed by atoms with Gasteiger partial charge in [0, 0.05) is 19.1 Å². The Balaban J connectivity index is 1.83. The highest BCUT2D eigenvalue weighted by Crippen LogP contribution is 2.17. The molecule has 1 fully saturated rings. The molecule has 0 bridgehead atoms. The number of hydrogen-bond donors (Lipinski definition) is 2. The lowest BCUT2D eigenvalue weighted by Crippen LogP contribution is -2.33. The molecular weight excluding hydrogens is 172 g/mol. The van der Waals surface area contributed by atoms with Gasteiger partial charge < -0.3 is 10.6 Å². The van der Waals surface area contributed by atoms with E-state index in [1.807, 2.05) is 6.26 Å². The smallest absolute Gasteiger partial charge is 0.230 e. The van der Waals surface area contributed by atoms with E-state index in [1.54, 1.807) is 11.8 Å². The van der Waals surface area contributed by atoms with Crippen molar-refractivity contribution in [3.05, 3.63) is 0 Å². The standard InChI is InChI=1S/C8H16N2OS/c1-12-6-8(11)10-5-4-9-7-2-3-7/h7,9H,2-6H2,1H3,(H,10,11).